The van der Waals surface area contributed by atoms with Crippen LogP contribution in [0.4, 0.5) is 0 Å². The first kappa shape index (κ1) is 26.5. The monoisotopic (exact) mass is 480 g/mol. The lowest BCUT2D eigenvalue weighted by Crippen LogP contribution is -2.42. The molecule has 33 heavy (non-hydrogen) atoms. The van der Waals surface area contributed by atoms with Gasteiger partial charge >= 0.3 is 11.9 Å². The third kappa shape index (κ3) is 6.65. The highest BCUT2D eigenvalue weighted by molar-refractivity contribution is 6.94. The Balaban J connectivity index is 2.32. The smallest absolute Gasteiger partial charge is 0.323 e. The van der Waals surface area contributed by atoms with Crippen LogP contribution < -0.4 is 10.4 Å². The number of carbonyl (C=O) groups is 2. The fourth-order valence-electron chi connectivity index (χ4n) is 3.93. The highest BCUT2D eigenvalue weighted by Gasteiger charge is 2.46. The average Bonchev–Trinajstić information content (AvgIpc) is 2.83. The Morgan fingerprint density at radius 3 is 1.33 bits per heavy atom. The van der Waals surface area contributed by atoms with Crippen molar-refractivity contribution < 1.29 is 19.1 Å². The standard InChI is InChI=1S/C27H36O4Si2/c1-30-25(28)27(26(29)31-2,19-13-21-32(3,4)23-15-9-7-10-16-23)20-14-22-33(5,6)24-17-11-8-12-18-24/h7-18,21-22H,19-20H2,1-6H3/b21-13+,22-14+. The molecule has 0 aliphatic rings. The van der Waals surface area contributed by atoms with Crippen LogP contribution in [0, 0.1) is 5.41 Å². The molecule has 0 unspecified atom stereocenters. The zero-order chi connectivity index (χ0) is 24.5. The summed E-state index contributed by atoms with van der Waals surface area (Å²) in [5, 5.41) is 2.58. The van der Waals surface area contributed by atoms with Gasteiger partial charge in [-0.25, -0.2) is 0 Å². The predicted octanol–water partition coefficient (Wildman–Crippen LogP) is 4.52. The van der Waals surface area contributed by atoms with E-state index >= 15 is 0 Å². The van der Waals surface area contributed by atoms with Crippen molar-refractivity contribution in [2.75, 3.05) is 14.2 Å². The van der Waals surface area contributed by atoms with Crippen LogP contribution in [0.3, 0.4) is 0 Å². The first-order valence-electron chi connectivity index (χ1n) is 11.2. The van der Waals surface area contributed by atoms with E-state index in [-0.39, 0.29) is 12.8 Å². The molecule has 0 spiro atoms. The summed E-state index contributed by atoms with van der Waals surface area (Å²) in [6.07, 6.45) is 4.38. The Labute approximate surface area is 200 Å². The van der Waals surface area contributed by atoms with Gasteiger partial charge in [0.2, 0.25) is 0 Å². The number of esters is 2. The fourth-order valence-corrected chi connectivity index (χ4v) is 7.83. The molecule has 0 aliphatic heterocycles. The van der Waals surface area contributed by atoms with Crippen LogP contribution in [0.2, 0.25) is 26.2 Å². The van der Waals surface area contributed by atoms with Crippen LogP contribution in [0.5, 0.6) is 0 Å². The minimum atomic E-state index is -1.87. The van der Waals surface area contributed by atoms with Gasteiger partial charge in [-0.3, -0.25) is 9.59 Å². The van der Waals surface area contributed by atoms with Gasteiger partial charge < -0.3 is 9.47 Å². The summed E-state index contributed by atoms with van der Waals surface area (Å²) in [7, 11) is -1.10. The number of hydrogen-bond donors (Lipinski definition) is 0. The maximum absolute atomic E-state index is 12.9. The third-order valence-corrected chi connectivity index (χ3v) is 12.0. The van der Waals surface area contributed by atoms with Crippen LogP contribution in [0.15, 0.2) is 84.2 Å². The maximum Gasteiger partial charge on any atom is 0.323 e. The van der Waals surface area contributed by atoms with Gasteiger partial charge in [0.15, 0.2) is 5.41 Å². The topological polar surface area (TPSA) is 52.6 Å². The lowest BCUT2D eigenvalue weighted by molar-refractivity contribution is -0.168. The van der Waals surface area contributed by atoms with Crippen molar-refractivity contribution in [3.63, 3.8) is 0 Å². The Hall–Kier alpha value is -2.71. The second-order valence-electron chi connectivity index (χ2n) is 9.45. The van der Waals surface area contributed by atoms with Gasteiger partial charge in [0.05, 0.1) is 14.2 Å². The molecule has 2 rings (SSSR count). The molecule has 2 aromatic rings. The Morgan fingerprint density at radius 1 is 0.697 bits per heavy atom. The number of rotatable bonds is 10. The van der Waals surface area contributed by atoms with Gasteiger partial charge in [-0.05, 0) is 12.8 Å². The molecule has 0 bridgehead atoms. The summed E-state index contributed by atoms with van der Waals surface area (Å²) in [5.74, 6) is -1.14. The van der Waals surface area contributed by atoms with Crippen LogP contribution >= 0.6 is 0 Å². The minimum Gasteiger partial charge on any atom is -0.468 e. The Kier molecular flexibility index (Phi) is 9.20. The van der Waals surface area contributed by atoms with Gasteiger partial charge in [-0.15, -0.1) is 0 Å². The molecule has 0 fully saturated rings. The van der Waals surface area contributed by atoms with Gasteiger partial charge in [0.1, 0.15) is 16.1 Å². The molecule has 0 aliphatic carbocycles. The maximum atomic E-state index is 12.9. The fraction of sp³-hybridized carbons (Fsp3) is 0.333. The lowest BCUT2D eigenvalue weighted by Gasteiger charge is -2.27. The lowest BCUT2D eigenvalue weighted by atomic mass is 9.81. The number of methoxy groups -OCH3 is 2. The van der Waals surface area contributed by atoms with Gasteiger partial charge in [-0.1, -0.05) is 121 Å². The van der Waals surface area contributed by atoms with E-state index in [1.807, 2.05) is 48.6 Å². The second kappa shape index (κ2) is 11.4. The first-order valence-corrected chi connectivity index (χ1v) is 17.4. The number of carbonyl (C=O) groups excluding carboxylic acids is 2. The van der Waals surface area contributed by atoms with Crippen LogP contribution in [0.1, 0.15) is 12.8 Å². The summed E-state index contributed by atoms with van der Waals surface area (Å²) in [6, 6.07) is 20.7. The van der Waals surface area contributed by atoms with Gasteiger partial charge in [0, 0.05) is 0 Å². The Morgan fingerprint density at radius 2 is 1.03 bits per heavy atom. The molecule has 0 saturated heterocycles. The normalized spacial score (nSPS) is 12.8. The molecular weight excluding hydrogens is 444 g/mol. The highest BCUT2D eigenvalue weighted by Crippen LogP contribution is 2.32. The zero-order valence-corrected chi connectivity index (χ0v) is 22.6. The van der Waals surface area contributed by atoms with Gasteiger partial charge in [0.25, 0.3) is 0 Å². The number of hydrogen-bond acceptors (Lipinski definition) is 4. The van der Waals surface area contributed by atoms with Crippen molar-refractivity contribution in [3.8, 4) is 0 Å². The SMILES string of the molecule is COC(=O)C(C/C=C/[Si](C)(C)c1ccccc1)(C/C=C/[Si](C)(C)c1ccccc1)C(=O)OC. The predicted molar refractivity (Wildman–Crippen MR) is 141 cm³/mol. The van der Waals surface area contributed by atoms with E-state index in [1.54, 1.807) is 0 Å². The van der Waals surface area contributed by atoms with Crippen molar-refractivity contribution >= 4 is 38.5 Å². The van der Waals surface area contributed by atoms with E-state index in [0.717, 1.165) is 0 Å². The molecule has 2 aromatic carbocycles. The zero-order valence-electron chi connectivity index (χ0n) is 20.6. The molecule has 176 valence electrons. The largest absolute Gasteiger partial charge is 0.468 e. The third-order valence-electron chi connectivity index (χ3n) is 6.19. The summed E-state index contributed by atoms with van der Waals surface area (Å²) < 4.78 is 10.2. The van der Waals surface area contributed by atoms with E-state index < -0.39 is 33.5 Å². The van der Waals surface area contributed by atoms with Crippen molar-refractivity contribution in [1.29, 1.82) is 0 Å². The molecule has 0 amide bonds. The molecule has 4 nitrogen and oxygen atoms in total. The summed E-state index contributed by atoms with van der Waals surface area (Å²) in [5.41, 5.74) is 2.95. The van der Waals surface area contributed by atoms with E-state index in [4.69, 9.17) is 9.47 Å². The van der Waals surface area contributed by atoms with E-state index in [2.05, 4.69) is 61.9 Å². The number of ether oxygens (including phenoxy) is 2. The minimum absolute atomic E-state index is 0.229. The molecule has 0 N–H and O–H groups in total. The summed E-state index contributed by atoms with van der Waals surface area (Å²) >= 11 is 0. The molecule has 6 heteroatoms. The summed E-state index contributed by atoms with van der Waals surface area (Å²) in [4.78, 5) is 25.8. The number of allylic oxidation sites excluding steroid dienone is 2. The molecule has 0 radical (unpaired) electrons. The van der Waals surface area contributed by atoms with Crippen molar-refractivity contribution in [2.24, 2.45) is 5.41 Å². The Bertz CT molecular complexity index is 898. The van der Waals surface area contributed by atoms with Crippen LogP contribution in [-0.4, -0.2) is 42.3 Å². The second-order valence-corrected chi connectivity index (χ2v) is 18.2. The first-order chi connectivity index (χ1) is 15.6. The average molecular weight is 481 g/mol. The van der Waals surface area contributed by atoms with E-state index in [0.29, 0.717) is 0 Å². The van der Waals surface area contributed by atoms with Crippen molar-refractivity contribution in [2.45, 2.75) is 39.0 Å². The van der Waals surface area contributed by atoms with Crippen LogP contribution in [-0.2, 0) is 19.1 Å². The summed E-state index contributed by atoms with van der Waals surface area (Å²) in [6.45, 7) is 8.96. The molecule has 0 atom stereocenters. The quantitative estimate of drug-likeness (QED) is 0.285. The van der Waals surface area contributed by atoms with E-state index in [9.17, 15) is 9.59 Å². The van der Waals surface area contributed by atoms with Crippen LogP contribution in [0.25, 0.3) is 0 Å². The van der Waals surface area contributed by atoms with E-state index in [1.165, 1.54) is 24.6 Å². The highest BCUT2D eigenvalue weighted by atomic mass is 28.3. The van der Waals surface area contributed by atoms with Crippen molar-refractivity contribution in [1.82, 2.24) is 0 Å². The van der Waals surface area contributed by atoms with Crippen molar-refractivity contribution in [3.05, 3.63) is 84.2 Å². The molecular formula is C27H36O4Si2. The van der Waals surface area contributed by atoms with Gasteiger partial charge in [-0.2, -0.15) is 0 Å². The molecule has 0 aromatic heterocycles. The molecule has 0 heterocycles. The number of benzene rings is 2. The molecule has 0 saturated carbocycles.